The van der Waals surface area contributed by atoms with Crippen LogP contribution in [0.2, 0.25) is 0 Å². The molecule has 1 aliphatic heterocycles. The highest BCUT2D eigenvalue weighted by molar-refractivity contribution is 7.80. The summed E-state index contributed by atoms with van der Waals surface area (Å²) in [7, 11) is 0. The van der Waals surface area contributed by atoms with Crippen LogP contribution in [0.25, 0.3) is 11.2 Å². The van der Waals surface area contributed by atoms with Crippen molar-refractivity contribution in [1.29, 1.82) is 0 Å². The van der Waals surface area contributed by atoms with Crippen molar-refractivity contribution in [2.24, 2.45) is 5.41 Å². The van der Waals surface area contributed by atoms with Gasteiger partial charge in [0.25, 0.3) is 0 Å². The van der Waals surface area contributed by atoms with Gasteiger partial charge in [-0.05, 0) is 0 Å². The van der Waals surface area contributed by atoms with E-state index in [9.17, 15) is 15.3 Å². The van der Waals surface area contributed by atoms with E-state index >= 15 is 0 Å². The Morgan fingerprint density at radius 2 is 2.00 bits per heavy atom. The van der Waals surface area contributed by atoms with Crippen molar-refractivity contribution in [3.8, 4) is 0 Å². The fraction of sp³-hybridized carbons (Fsp3) is 0.600. The highest BCUT2D eigenvalue weighted by atomic mass is 32.1. The van der Waals surface area contributed by atoms with Crippen LogP contribution in [0.15, 0.2) is 6.33 Å². The Balaban J connectivity index is 2.22. The molecular formula is C15H21N5O4S. The molecule has 1 saturated heterocycles. The van der Waals surface area contributed by atoms with Crippen molar-refractivity contribution in [3.05, 3.63) is 12.2 Å². The topological polar surface area (TPSA) is 140 Å². The number of aliphatic hydroxyl groups excluding tert-OH is 3. The third-order valence-corrected chi connectivity index (χ3v) is 4.96. The molecular weight excluding hydrogens is 346 g/mol. The normalized spacial score (nSPS) is 27.1. The number of anilines is 1. The van der Waals surface area contributed by atoms with Gasteiger partial charge in [-0.3, -0.25) is 4.57 Å². The molecule has 0 saturated carbocycles. The number of hydrogen-bond donors (Lipinski definition) is 4. The Labute approximate surface area is 149 Å². The van der Waals surface area contributed by atoms with Crippen LogP contribution in [-0.2, 0) is 4.74 Å². The zero-order valence-electron chi connectivity index (χ0n) is 14.1. The number of thiocarbonyl (C=S) groups is 1. The molecule has 2 aromatic heterocycles. The SMILES string of the molecule is CC(C)(C)C(=S)c1nc2c(N)ncnc2n1[C@@H]1O[C@H](CO)[C@@H](O)[C@H]1O. The molecule has 1 aliphatic rings. The van der Waals surface area contributed by atoms with E-state index in [1.165, 1.54) is 10.9 Å². The smallest absolute Gasteiger partial charge is 0.168 e. The van der Waals surface area contributed by atoms with Crippen molar-refractivity contribution in [2.75, 3.05) is 12.3 Å². The minimum absolute atomic E-state index is 0.174. The molecule has 3 heterocycles. The lowest BCUT2D eigenvalue weighted by molar-refractivity contribution is -0.0513. The number of fused-ring (bicyclic) bond motifs is 1. The Morgan fingerprint density at radius 3 is 2.56 bits per heavy atom. The molecule has 9 nitrogen and oxygen atoms in total. The first-order valence-electron chi connectivity index (χ1n) is 7.82. The Kier molecular flexibility index (Phi) is 4.50. The number of rotatable bonds is 3. The van der Waals surface area contributed by atoms with E-state index in [0.29, 0.717) is 21.9 Å². The van der Waals surface area contributed by atoms with Gasteiger partial charge in [0.15, 0.2) is 29.0 Å². The molecule has 5 N–H and O–H groups in total. The van der Waals surface area contributed by atoms with Crippen molar-refractivity contribution in [1.82, 2.24) is 19.5 Å². The van der Waals surface area contributed by atoms with Gasteiger partial charge in [-0.25, -0.2) is 15.0 Å². The summed E-state index contributed by atoms with van der Waals surface area (Å²) in [5.41, 5.74) is 6.18. The maximum Gasteiger partial charge on any atom is 0.168 e. The summed E-state index contributed by atoms with van der Waals surface area (Å²) in [6.45, 7) is 5.37. The molecule has 0 amide bonds. The first kappa shape index (κ1) is 18.1. The lowest BCUT2D eigenvalue weighted by Crippen LogP contribution is -2.34. The maximum absolute atomic E-state index is 10.4. The van der Waals surface area contributed by atoms with E-state index in [0.717, 1.165) is 0 Å². The predicted molar refractivity (Wildman–Crippen MR) is 93.9 cm³/mol. The van der Waals surface area contributed by atoms with Crippen LogP contribution in [0, 0.1) is 5.41 Å². The van der Waals surface area contributed by atoms with E-state index in [4.69, 9.17) is 22.7 Å². The molecule has 1 fully saturated rings. The van der Waals surface area contributed by atoms with Gasteiger partial charge in [0.05, 0.1) is 11.5 Å². The molecule has 136 valence electrons. The predicted octanol–water partition coefficient (Wildman–Crippen LogP) is -0.216. The summed E-state index contributed by atoms with van der Waals surface area (Å²) < 4.78 is 7.16. The largest absolute Gasteiger partial charge is 0.394 e. The molecule has 0 radical (unpaired) electrons. The zero-order chi connectivity index (χ0) is 18.5. The van der Waals surface area contributed by atoms with Crippen LogP contribution in [0.1, 0.15) is 32.8 Å². The van der Waals surface area contributed by atoms with Gasteiger partial charge in [-0.2, -0.15) is 0 Å². The van der Waals surface area contributed by atoms with Crippen LogP contribution in [0.5, 0.6) is 0 Å². The minimum Gasteiger partial charge on any atom is -0.394 e. The van der Waals surface area contributed by atoms with Crippen LogP contribution < -0.4 is 5.73 Å². The quantitative estimate of drug-likeness (QED) is 0.428. The molecule has 4 atom stereocenters. The van der Waals surface area contributed by atoms with Gasteiger partial charge in [-0.1, -0.05) is 33.0 Å². The van der Waals surface area contributed by atoms with E-state index in [2.05, 4.69) is 15.0 Å². The second-order valence-corrected chi connectivity index (χ2v) is 7.45. The summed E-state index contributed by atoms with van der Waals surface area (Å²) >= 11 is 5.57. The molecule has 0 aromatic carbocycles. The summed E-state index contributed by atoms with van der Waals surface area (Å²) in [5.74, 6) is 0.535. The first-order chi connectivity index (χ1) is 11.7. The number of nitrogens with zero attached hydrogens (tertiary/aromatic N) is 4. The summed E-state index contributed by atoms with van der Waals surface area (Å²) in [6, 6.07) is 0. The Bertz CT molecular complexity index is 818. The maximum atomic E-state index is 10.4. The number of nitrogens with two attached hydrogens (primary N) is 1. The summed E-state index contributed by atoms with van der Waals surface area (Å²) in [4.78, 5) is 13.1. The Hall–Kier alpha value is -1.72. The van der Waals surface area contributed by atoms with Gasteiger partial charge < -0.3 is 25.8 Å². The molecule has 25 heavy (non-hydrogen) atoms. The number of hydrogen-bond acceptors (Lipinski definition) is 9. The van der Waals surface area contributed by atoms with E-state index in [1.54, 1.807) is 0 Å². The lowest BCUT2D eigenvalue weighted by Gasteiger charge is -2.24. The van der Waals surface area contributed by atoms with Gasteiger partial charge in [0.2, 0.25) is 0 Å². The third kappa shape index (κ3) is 2.89. The van der Waals surface area contributed by atoms with Crippen LogP contribution in [0.4, 0.5) is 5.82 Å². The van der Waals surface area contributed by atoms with Crippen molar-refractivity contribution < 1.29 is 20.1 Å². The molecule has 10 heteroatoms. The van der Waals surface area contributed by atoms with Crippen molar-refractivity contribution in [3.63, 3.8) is 0 Å². The van der Waals surface area contributed by atoms with Gasteiger partial charge in [-0.15, -0.1) is 0 Å². The molecule has 2 aromatic rings. The fourth-order valence-corrected chi connectivity index (χ4v) is 2.90. The lowest BCUT2D eigenvalue weighted by atomic mass is 9.91. The van der Waals surface area contributed by atoms with E-state index in [-0.39, 0.29) is 5.82 Å². The molecule has 0 unspecified atom stereocenters. The second kappa shape index (κ2) is 6.22. The second-order valence-electron chi connectivity index (χ2n) is 7.04. The highest BCUT2D eigenvalue weighted by Crippen LogP contribution is 2.35. The number of aromatic nitrogens is 4. The number of aliphatic hydroxyl groups is 3. The fourth-order valence-electron chi connectivity index (χ4n) is 2.76. The third-order valence-electron chi connectivity index (χ3n) is 4.16. The number of nitrogen functional groups attached to an aromatic ring is 1. The minimum atomic E-state index is -1.28. The first-order valence-corrected chi connectivity index (χ1v) is 8.23. The molecule has 3 rings (SSSR count). The molecule has 0 aliphatic carbocycles. The van der Waals surface area contributed by atoms with E-state index < -0.39 is 36.6 Å². The average molecular weight is 367 g/mol. The standard InChI is InChI=1S/C15H21N5O4S/c1-15(2,3)10(25)13-19-7-11(16)17-5-18-12(7)20(13)14-9(23)8(22)6(4-21)24-14/h5-6,8-9,14,21-23H,4H2,1-3H3,(H2,16,17,18)/t6-,8-,9-,14-/m1/s1. The van der Waals surface area contributed by atoms with Crippen LogP contribution in [-0.4, -0.2) is 64.6 Å². The number of ether oxygens (including phenoxy) is 1. The average Bonchev–Trinajstić information content (AvgIpc) is 3.06. The van der Waals surface area contributed by atoms with Crippen LogP contribution >= 0.6 is 12.2 Å². The van der Waals surface area contributed by atoms with Gasteiger partial charge in [0.1, 0.15) is 24.6 Å². The van der Waals surface area contributed by atoms with Gasteiger partial charge in [0, 0.05) is 5.41 Å². The Morgan fingerprint density at radius 1 is 1.32 bits per heavy atom. The highest BCUT2D eigenvalue weighted by Gasteiger charge is 2.45. The van der Waals surface area contributed by atoms with E-state index in [1.807, 2.05) is 20.8 Å². The molecule has 0 spiro atoms. The van der Waals surface area contributed by atoms with Crippen molar-refractivity contribution in [2.45, 2.75) is 45.3 Å². The van der Waals surface area contributed by atoms with Crippen LogP contribution in [0.3, 0.4) is 0 Å². The van der Waals surface area contributed by atoms with Crippen molar-refractivity contribution >= 4 is 34.1 Å². The number of imidazole rings is 1. The zero-order valence-corrected chi connectivity index (χ0v) is 14.9. The summed E-state index contributed by atoms with van der Waals surface area (Å²) in [5, 5.41) is 29.8. The van der Waals surface area contributed by atoms with Gasteiger partial charge >= 0.3 is 0 Å². The summed E-state index contributed by atoms with van der Waals surface area (Å²) in [6.07, 6.45) is -3.19. The molecule has 0 bridgehead atoms. The monoisotopic (exact) mass is 367 g/mol.